The van der Waals surface area contributed by atoms with Crippen LogP contribution in [-0.2, 0) is 0 Å². The molecule has 0 bridgehead atoms. The van der Waals surface area contributed by atoms with Crippen LogP contribution in [0.1, 0.15) is 20.8 Å². The van der Waals surface area contributed by atoms with E-state index in [4.69, 9.17) is 0 Å². The number of nitrogens with one attached hydrogen (secondary N) is 1. The van der Waals surface area contributed by atoms with Crippen molar-refractivity contribution in [3.05, 3.63) is 12.2 Å². The average molecular weight is 159 g/mol. The minimum atomic E-state index is 0.514. The van der Waals surface area contributed by atoms with E-state index in [-0.39, 0.29) is 0 Å². The lowest BCUT2D eigenvalue weighted by atomic mass is 10.5. The number of likely N-dealkylation sites (N-methyl/N-ethyl adjacent to an activating group) is 1. The molecule has 0 saturated heterocycles. The van der Waals surface area contributed by atoms with E-state index in [0.717, 1.165) is 6.54 Å². The molecular formula is C8H17NS. The summed E-state index contributed by atoms with van der Waals surface area (Å²) in [5, 5.41) is 3.87. The van der Waals surface area contributed by atoms with Crippen LogP contribution in [0.2, 0.25) is 0 Å². The summed E-state index contributed by atoms with van der Waals surface area (Å²) in [6, 6.07) is 0. The summed E-state index contributed by atoms with van der Waals surface area (Å²) in [5.41, 5.74) is 0. The molecule has 0 radical (unpaired) electrons. The molecular weight excluding hydrogens is 142 g/mol. The summed E-state index contributed by atoms with van der Waals surface area (Å²) in [7, 11) is 0. The predicted molar refractivity (Wildman–Crippen MR) is 50.4 cm³/mol. The number of thioether (sulfide) groups is 1. The van der Waals surface area contributed by atoms with Crippen molar-refractivity contribution in [2.24, 2.45) is 0 Å². The third kappa shape index (κ3) is 4.89. The fraction of sp³-hybridized carbons (Fsp3) is 0.750. The smallest absolute Gasteiger partial charge is 0.0718 e. The van der Waals surface area contributed by atoms with Crippen LogP contribution in [0.15, 0.2) is 12.2 Å². The normalized spacial score (nSPS) is 14.3. The van der Waals surface area contributed by atoms with Gasteiger partial charge in [-0.2, -0.15) is 0 Å². The van der Waals surface area contributed by atoms with Gasteiger partial charge in [0.15, 0.2) is 0 Å². The van der Waals surface area contributed by atoms with Gasteiger partial charge in [-0.1, -0.05) is 26.0 Å². The number of rotatable bonds is 5. The third-order valence-corrected chi connectivity index (χ3v) is 2.14. The first-order valence-electron chi connectivity index (χ1n) is 3.82. The van der Waals surface area contributed by atoms with Crippen LogP contribution in [0.25, 0.3) is 0 Å². The Labute approximate surface area is 68.3 Å². The van der Waals surface area contributed by atoms with E-state index < -0.39 is 0 Å². The summed E-state index contributed by atoms with van der Waals surface area (Å²) in [4.78, 5) is 0. The molecule has 0 amide bonds. The van der Waals surface area contributed by atoms with Crippen LogP contribution in [0.3, 0.4) is 0 Å². The largest absolute Gasteiger partial charge is 0.302 e. The lowest BCUT2D eigenvalue weighted by molar-refractivity contribution is 0.761. The van der Waals surface area contributed by atoms with Crippen LogP contribution in [-0.4, -0.2) is 17.7 Å². The van der Waals surface area contributed by atoms with Gasteiger partial charge in [-0.25, -0.2) is 0 Å². The second kappa shape index (κ2) is 7.16. The van der Waals surface area contributed by atoms with Crippen molar-refractivity contribution in [1.29, 1.82) is 0 Å². The van der Waals surface area contributed by atoms with Crippen molar-refractivity contribution in [2.75, 3.05) is 12.3 Å². The van der Waals surface area contributed by atoms with Crippen molar-refractivity contribution in [3.63, 3.8) is 0 Å². The predicted octanol–water partition coefficient (Wildman–Crippen LogP) is 2.25. The van der Waals surface area contributed by atoms with Crippen LogP contribution < -0.4 is 5.32 Å². The van der Waals surface area contributed by atoms with Crippen LogP contribution >= 0.6 is 11.8 Å². The molecule has 0 spiro atoms. The molecule has 1 N–H and O–H groups in total. The molecule has 0 aliphatic carbocycles. The lowest BCUT2D eigenvalue weighted by Crippen LogP contribution is -2.23. The van der Waals surface area contributed by atoms with Gasteiger partial charge in [-0.15, -0.1) is 11.8 Å². The van der Waals surface area contributed by atoms with E-state index >= 15 is 0 Å². The minimum Gasteiger partial charge on any atom is -0.302 e. The molecule has 60 valence electrons. The molecule has 1 unspecified atom stereocenters. The summed E-state index contributed by atoms with van der Waals surface area (Å²) >= 11 is 1.93. The molecule has 0 fully saturated rings. The van der Waals surface area contributed by atoms with Crippen molar-refractivity contribution < 1.29 is 0 Å². The SMILES string of the molecule is C/C=C\C(NCC)SCC. The molecule has 0 rings (SSSR count). The highest BCUT2D eigenvalue weighted by molar-refractivity contribution is 7.99. The summed E-state index contributed by atoms with van der Waals surface area (Å²) in [6.07, 6.45) is 4.29. The Balaban J connectivity index is 3.50. The van der Waals surface area contributed by atoms with Gasteiger partial charge < -0.3 is 5.32 Å². The molecule has 1 atom stereocenters. The van der Waals surface area contributed by atoms with Crippen LogP contribution in [0.5, 0.6) is 0 Å². The van der Waals surface area contributed by atoms with Gasteiger partial charge in [0.25, 0.3) is 0 Å². The fourth-order valence-corrected chi connectivity index (χ4v) is 1.65. The molecule has 1 nitrogen and oxygen atoms in total. The zero-order chi connectivity index (χ0) is 7.82. The Kier molecular flexibility index (Phi) is 7.20. The summed E-state index contributed by atoms with van der Waals surface area (Å²) in [6.45, 7) is 7.41. The zero-order valence-corrected chi connectivity index (χ0v) is 7.87. The maximum Gasteiger partial charge on any atom is 0.0718 e. The average Bonchev–Trinajstić information content (AvgIpc) is 1.90. The maximum absolute atomic E-state index is 3.36. The highest BCUT2D eigenvalue weighted by Gasteiger charge is 1.98. The molecule has 2 heteroatoms. The van der Waals surface area contributed by atoms with Gasteiger partial charge in [-0.05, 0) is 19.2 Å². The van der Waals surface area contributed by atoms with Crippen molar-refractivity contribution in [3.8, 4) is 0 Å². The molecule has 0 saturated carbocycles. The van der Waals surface area contributed by atoms with Gasteiger partial charge in [0.1, 0.15) is 0 Å². The zero-order valence-electron chi connectivity index (χ0n) is 7.05. The van der Waals surface area contributed by atoms with E-state index in [1.54, 1.807) is 0 Å². The number of hydrogen-bond acceptors (Lipinski definition) is 2. The Morgan fingerprint density at radius 3 is 2.60 bits per heavy atom. The molecule has 0 aromatic heterocycles. The van der Waals surface area contributed by atoms with Crippen LogP contribution in [0.4, 0.5) is 0 Å². The second-order valence-corrected chi connectivity index (χ2v) is 3.38. The number of allylic oxidation sites excluding steroid dienone is 1. The number of hydrogen-bond donors (Lipinski definition) is 1. The van der Waals surface area contributed by atoms with Crippen molar-refractivity contribution in [1.82, 2.24) is 5.32 Å². The van der Waals surface area contributed by atoms with Gasteiger partial charge in [0, 0.05) is 0 Å². The molecule has 0 aliphatic rings. The Hall–Kier alpha value is 0.0500. The van der Waals surface area contributed by atoms with E-state index in [1.165, 1.54) is 5.75 Å². The minimum absolute atomic E-state index is 0.514. The van der Waals surface area contributed by atoms with E-state index in [0.29, 0.717) is 5.37 Å². The van der Waals surface area contributed by atoms with Gasteiger partial charge in [-0.3, -0.25) is 0 Å². The topological polar surface area (TPSA) is 12.0 Å². The van der Waals surface area contributed by atoms with E-state index in [2.05, 4.69) is 38.2 Å². The Morgan fingerprint density at radius 2 is 2.20 bits per heavy atom. The van der Waals surface area contributed by atoms with Gasteiger partial charge in [0.05, 0.1) is 5.37 Å². The van der Waals surface area contributed by atoms with E-state index in [1.807, 2.05) is 11.8 Å². The summed E-state index contributed by atoms with van der Waals surface area (Å²) < 4.78 is 0. The third-order valence-electron chi connectivity index (χ3n) is 1.12. The van der Waals surface area contributed by atoms with Crippen molar-refractivity contribution in [2.45, 2.75) is 26.1 Å². The van der Waals surface area contributed by atoms with Crippen molar-refractivity contribution >= 4 is 11.8 Å². The lowest BCUT2D eigenvalue weighted by Gasteiger charge is -2.10. The van der Waals surface area contributed by atoms with Gasteiger partial charge >= 0.3 is 0 Å². The Morgan fingerprint density at radius 1 is 1.50 bits per heavy atom. The first kappa shape index (κ1) is 10.0. The highest BCUT2D eigenvalue weighted by atomic mass is 32.2. The second-order valence-electron chi connectivity index (χ2n) is 1.96. The molecule has 0 aromatic carbocycles. The quantitative estimate of drug-likeness (QED) is 0.488. The van der Waals surface area contributed by atoms with Crippen LogP contribution in [0, 0.1) is 0 Å². The standard InChI is InChI=1S/C8H17NS/c1-4-7-8(9-5-2)10-6-3/h4,7-9H,5-6H2,1-3H3/b7-4-. The monoisotopic (exact) mass is 159 g/mol. The summed E-state index contributed by atoms with van der Waals surface area (Å²) in [5.74, 6) is 1.17. The maximum atomic E-state index is 3.36. The first-order chi connectivity index (χ1) is 4.85. The Bertz CT molecular complexity index is 85.3. The highest BCUT2D eigenvalue weighted by Crippen LogP contribution is 2.07. The fourth-order valence-electron chi connectivity index (χ4n) is 0.738. The molecule has 0 aromatic rings. The molecule has 0 aliphatic heterocycles. The molecule has 10 heavy (non-hydrogen) atoms. The van der Waals surface area contributed by atoms with E-state index in [9.17, 15) is 0 Å². The van der Waals surface area contributed by atoms with Gasteiger partial charge in [0.2, 0.25) is 0 Å². The molecule has 0 heterocycles. The first-order valence-corrected chi connectivity index (χ1v) is 4.87.